The van der Waals surface area contributed by atoms with Gasteiger partial charge in [0.15, 0.2) is 0 Å². The summed E-state index contributed by atoms with van der Waals surface area (Å²) in [5, 5.41) is 12.7. The van der Waals surface area contributed by atoms with E-state index in [1.165, 1.54) is 18.2 Å². The number of pyridine rings is 1. The van der Waals surface area contributed by atoms with Crippen molar-refractivity contribution < 1.29 is 8.78 Å². The van der Waals surface area contributed by atoms with E-state index < -0.39 is 11.6 Å². The van der Waals surface area contributed by atoms with Crippen LogP contribution < -0.4 is 11.1 Å². The fourth-order valence-electron chi connectivity index (χ4n) is 2.93. The maximum Gasteiger partial charge on any atom is 0.236 e. The highest BCUT2D eigenvalue weighted by molar-refractivity contribution is 6.01. The Morgan fingerprint density at radius 3 is 2.68 bits per heavy atom. The van der Waals surface area contributed by atoms with Gasteiger partial charge in [0.1, 0.15) is 35.0 Å². The van der Waals surface area contributed by atoms with Crippen LogP contribution in [0.5, 0.6) is 0 Å². The largest absolute Gasteiger partial charge is 0.384 e. The zero-order chi connectivity index (χ0) is 19.7. The summed E-state index contributed by atoms with van der Waals surface area (Å²) in [4.78, 5) is 15.3. The molecule has 0 amide bonds. The number of hydrogen-bond acceptors (Lipinski definition) is 6. The number of benzene rings is 1. The standard InChI is InChI=1S/C19H13F2N7/c20-13-2-1-3-14(21)12(13)9-26-19-17-11(10-4-5-24-15(23)6-10)8-25-18(17)27-16(7-22)28-19/h1-6,8H,9H2,(H2,23,24)(H2,25,26,27,28). The Balaban J connectivity index is 1.82. The summed E-state index contributed by atoms with van der Waals surface area (Å²) in [6.07, 6.45) is 3.26. The summed E-state index contributed by atoms with van der Waals surface area (Å²) in [5.74, 6) is -0.809. The number of fused-ring (bicyclic) bond motifs is 1. The first kappa shape index (κ1) is 17.4. The lowest BCUT2D eigenvalue weighted by molar-refractivity contribution is 0.560. The number of nitrogens with zero attached hydrogens (tertiary/aromatic N) is 4. The van der Waals surface area contributed by atoms with Crippen molar-refractivity contribution >= 4 is 22.7 Å². The minimum Gasteiger partial charge on any atom is -0.384 e. The minimum atomic E-state index is -0.672. The van der Waals surface area contributed by atoms with Crippen molar-refractivity contribution in [3.63, 3.8) is 0 Å². The number of rotatable bonds is 4. The molecule has 0 bridgehead atoms. The molecule has 0 spiro atoms. The van der Waals surface area contributed by atoms with Gasteiger partial charge in [0.05, 0.1) is 5.39 Å². The van der Waals surface area contributed by atoms with Crippen LogP contribution in [0.2, 0.25) is 0 Å². The van der Waals surface area contributed by atoms with E-state index in [9.17, 15) is 14.0 Å². The van der Waals surface area contributed by atoms with Gasteiger partial charge in [0.2, 0.25) is 5.82 Å². The van der Waals surface area contributed by atoms with Crippen molar-refractivity contribution in [2.75, 3.05) is 11.1 Å². The number of halogens is 2. The summed E-state index contributed by atoms with van der Waals surface area (Å²) in [6.45, 7) is -0.154. The van der Waals surface area contributed by atoms with Crippen LogP contribution in [0.3, 0.4) is 0 Å². The van der Waals surface area contributed by atoms with Crippen LogP contribution in [0.1, 0.15) is 11.4 Å². The van der Waals surface area contributed by atoms with E-state index in [0.717, 1.165) is 5.56 Å². The van der Waals surface area contributed by atoms with Gasteiger partial charge < -0.3 is 16.0 Å². The fraction of sp³-hybridized carbons (Fsp3) is 0.0526. The highest BCUT2D eigenvalue weighted by atomic mass is 19.1. The predicted octanol–water partition coefficient (Wildman–Crippen LogP) is 3.36. The van der Waals surface area contributed by atoms with E-state index >= 15 is 0 Å². The van der Waals surface area contributed by atoms with Gasteiger partial charge in [-0.25, -0.2) is 23.7 Å². The molecule has 0 radical (unpaired) electrons. The second kappa shape index (κ2) is 6.92. The van der Waals surface area contributed by atoms with Gasteiger partial charge in [-0.05, 0) is 29.8 Å². The fourth-order valence-corrected chi connectivity index (χ4v) is 2.93. The topological polar surface area (TPSA) is 116 Å². The second-order valence-corrected chi connectivity index (χ2v) is 5.96. The average Bonchev–Trinajstić information content (AvgIpc) is 3.11. The highest BCUT2D eigenvalue weighted by Gasteiger charge is 2.17. The van der Waals surface area contributed by atoms with Gasteiger partial charge in [-0.1, -0.05) is 6.07 Å². The Morgan fingerprint density at radius 2 is 1.96 bits per heavy atom. The number of aromatic nitrogens is 4. The Kier molecular flexibility index (Phi) is 4.29. The monoisotopic (exact) mass is 377 g/mol. The molecule has 0 unspecified atom stereocenters. The number of anilines is 2. The molecule has 4 rings (SSSR count). The number of nitrogen functional groups attached to an aromatic ring is 1. The second-order valence-electron chi connectivity index (χ2n) is 5.96. The van der Waals surface area contributed by atoms with Crippen molar-refractivity contribution in [3.8, 4) is 17.2 Å². The molecule has 0 aliphatic rings. The van der Waals surface area contributed by atoms with Gasteiger partial charge >= 0.3 is 0 Å². The lowest BCUT2D eigenvalue weighted by atomic mass is 10.1. The first-order chi connectivity index (χ1) is 13.6. The number of nitrogens with one attached hydrogen (secondary N) is 2. The quantitative estimate of drug-likeness (QED) is 0.502. The molecule has 4 N–H and O–H groups in total. The smallest absolute Gasteiger partial charge is 0.236 e. The average molecular weight is 377 g/mol. The predicted molar refractivity (Wildman–Crippen MR) is 99.9 cm³/mol. The third-order valence-corrected chi connectivity index (χ3v) is 4.22. The van der Waals surface area contributed by atoms with Crippen LogP contribution in [-0.2, 0) is 6.54 Å². The minimum absolute atomic E-state index is 0.0772. The molecule has 138 valence electrons. The molecule has 0 aliphatic carbocycles. The molecule has 1 aromatic carbocycles. The van der Waals surface area contributed by atoms with Crippen molar-refractivity contribution in [2.24, 2.45) is 0 Å². The molecule has 7 nitrogen and oxygen atoms in total. The summed E-state index contributed by atoms with van der Waals surface area (Å²) >= 11 is 0. The molecule has 0 atom stereocenters. The van der Waals surface area contributed by atoms with Gasteiger partial charge in [-0.2, -0.15) is 5.26 Å². The zero-order valence-corrected chi connectivity index (χ0v) is 14.4. The van der Waals surface area contributed by atoms with Crippen molar-refractivity contribution in [1.82, 2.24) is 19.9 Å². The van der Waals surface area contributed by atoms with Crippen LogP contribution in [0.15, 0.2) is 42.7 Å². The van der Waals surface area contributed by atoms with E-state index in [0.29, 0.717) is 22.4 Å². The molecular formula is C19H13F2N7. The van der Waals surface area contributed by atoms with E-state index in [2.05, 4.69) is 25.3 Å². The van der Waals surface area contributed by atoms with Crippen LogP contribution in [0.4, 0.5) is 20.4 Å². The maximum atomic E-state index is 13.9. The van der Waals surface area contributed by atoms with Gasteiger partial charge in [-0.15, -0.1) is 0 Å². The van der Waals surface area contributed by atoms with E-state index in [1.807, 2.05) is 6.07 Å². The van der Waals surface area contributed by atoms with Crippen molar-refractivity contribution in [1.29, 1.82) is 5.26 Å². The normalized spacial score (nSPS) is 10.8. The molecular weight excluding hydrogens is 364 g/mol. The Labute approximate surface area is 157 Å². The third-order valence-electron chi connectivity index (χ3n) is 4.22. The summed E-state index contributed by atoms with van der Waals surface area (Å²) in [6, 6.07) is 8.97. The van der Waals surface area contributed by atoms with Gasteiger partial charge in [-0.3, -0.25) is 0 Å². The van der Waals surface area contributed by atoms with E-state index in [1.54, 1.807) is 24.5 Å². The molecule has 28 heavy (non-hydrogen) atoms. The number of nitrogens with two attached hydrogens (primary N) is 1. The molecule has 0 saturated heterocycles. The lowest BCUT2D eigenvalue weighted by Crippen LogP contribution is -2.07. The number of H-pyrrole nitrogens is 1. The first-order valence-corrected chi connectivity index (χ1v) is 8.24. The van der Waals surface area contributed by atoms with Gasteiger partial charge in [0.25, 0.3) is 0 Å². The molecule has 3 aromatic heterocycles. The van der Waals surface area contributed by atoms with Crippen LogP contribution in [0.25, 0.3) is 22.2 Å². The summed E-state index contributed by atoms with van der Waals surface area (Å²) in [7, 11) is 0. The molecule has 9 heteroatoms. The van der Waals surface area contributed by atoms with Crippen molar-refractivity contribution in [2.45, 2.75) is 6.54 Å². The van der Waals surface area contributed by atoms with Crippen LogP contribution >= 0.6 is 0 Å². The molecule has 0 saturated carbocycles. The molecule has 0 aliphatic heterocycles. The SMILES string of the molecule is N#Cc1nc(NCc2c(F)cccc2F)c2c(-c3ccnc(N)c3)c[nH]c2n1. The molecule has 4 aromatic rings. The molecule has 0 fully saturated rings. The Morgan fingerprint density at radius 1 is 1.18 bits per heavy atom. The Bertz CT molecular complexity index is 1210. The lowest BCUT2D eigenvalue weighted by Gasteiger charge is -2.10. The van der Waals surface area contributed by atoms with E-state index in [4.69, 9.17) is 5.73 Å². The Hall–Kier alpha value is -4.06. The van der Waals surface area contributed by atoms with E-state index in [-0.39, 0.29) is 23.8 Å². The van der Waals surface area contributed by atoms with Gasteiger partial charge in [0, 0.05) is 30.1 Å². The number of aromatic amines is 1. The zero-order valence-electron chi connectivity index (χ0n) is 14.4. The van der Waals surface area contributed by atoms with Crippen LogP contribution in [-0.4, -0.2) is 19.9 Å². The number of nitriles is 1. The third kappa shape index (κ3) is 3.07. The number of hydrogen-bond donors (Lipinski definition) is 3. The summed E-state index contributed by atoms with van der Waals surface area (Å²) < 4.78 is 27.9. The first-order valence-electron chi connectivity index (χ1n) is 8.24. The molecule has 3 heterocycles. The van der Waals surface area contributed by atoms with Crippen LogP contribution in [0, 0.1) is 23.0 Å². The van der Waals surface area contributed by atoms with Crippen molar-refractivity contribution in [3.05, 3.63) is 65.7 Å². The highest BCUT2D eigenvalue weighted by Crippen LogP contribution is 2.33. The maximum absolute atomic E-state index is 13.9. The summed E-state index contributed by atoms with van der Waals surface area (Å²) in [5.41, 5.74) is 7.52.